The molecule has 2 rings (SSSR count). The molecule has 2 aromatic rings. The second kappa shape index (κ2) is 8.20. The molecule has 0 amide bonds. The average Bonchev–Trinajstić information content (AvgIpc) is 2.79. The zero-order valence-electron chi connectivity index (χ0n) is 15.1. The van der Waals surface area contributed by atoms with E-state index in [1.54, 1.807) is 7.05 Å². The highest BCUT2D eigenvalue weighted by atomic mass is 35.5. The van der Waals surface area contributed by atoms with E-state index in [2.05, 4.69) is 34.2 Å². The van der Waals surface area contributed by atoms with Crippen LogP contribution in [0.2, 0.25) is 5.02 Å². The number of aromatic nitrogens is 2. The molecule has 6 heteroatoms. The summed E-state index contributed by atoms with van der Waals surface area (Å²) in [5.74, 6) is 0.879. The van der Waals surface area contributed by atoms with Crippen LogP contribution in [-0.4, -0.2) is 41.3 Å². The van der Waals surface area contributed by atoms with E-state index in [0.29, 0.717) is 0 Å². The molecule has 0 aliphatic rings. The van der Waals surface area contributed by atoms with E-state index < -0.39 is 0 Å². The van der Waals surface area contributed by atoms with Crippen LogP contribution in [0.3, 0.4) is 0 Å². The lowest BCUT2D eigenvalue weighted by atomic mass is 10.1. The lowest BCUT2D eigenvalue weighted by molar-refractivity contribution is 0.477. The molecule has 1 N–H and O–H groups in total. The van der Waals surface area contributed by atoms with Gasteiger partial charge in [-0.1, -0.05) is 23.7 Å². The number of aliphatic imine (C=N–C) groups is 1. The van der Waals surface area contributed by atoms with Crippen molar-refractivity contribution < 1.29 is 0 Å². The zero-order chi connectivity index (χ0) is 17.7. The van der Waals surface area contributed by atoms with Crippen LogP contribution in [0.15, 0.2) is 29.3 Å². The van der Waals surface area contributed by atoms with E-state index in [1.807, 2.05) is 43.0 Å². The van der Waals surface area contributed by atoms with Crippen molar-refractivity contribution in [3.63, 3.8) is 0 Å². The second-order valence-corrected chi connectivity index (χ2v) is 6.42. The quantitative estimate of drug-likeness (QED) is 0.668. The van der Waals surface area contributed by atoms with Crippen LogP contribution >= 0.6 is 11.6 Å². The van der Waals surface area contributed by atoms with Crippen LogP contribution in [0, 0.1) is 13.8 Å². The van der Waals surface area contributed by atoms with Gasteiger partial charge in [0.1, 0.15) is 0 Å². The van der Waals surface area contributed by atoms with Gasteiger partial charge < -0.3 is 10.2 Å². The van der Waals surface area contributed by atoms with Crippen molar-refractivity contribution in [2.45, 2.75) is 26.8 Å². The molecular weight excluding hydrogens is 322 g/mol. The standard InChI is InChI=1S/C18H26ClN5/c1-13-17(14(2)24(5)22-13)10-11-21-18(20-3)23(4)12-15-6-8-16(19)9-7-15/h6-9H,10-12H2,1-5H3,(H,20,21). The molecule has 0 saturated carbocycles. The van der Waals surface area contributed by atoms with Crippen molar-refractivity contribution in [1.82, 2.24) is 20.0 Å². The number of nitrogens with zero attached hydrogens (tertiary/aromatic N) is 4. The van der Waals surface area contributed by atoms with Crippen LogP contribution in [-0.2, 0) is 20.0 Å². The summed E-state index contributed by atoms with van der Waals surface area (Å²) in [6.07, 6.45) is 0.930. The number of benzene rings is 1. The number of hydrogen-bond acceptors (Lipinski definition) is 2. The molecule has 0 saturated heterocycles. The minimum atomic E-state index is 0.756. The predicted octanol–water partition coefficient (Wildman–Crippen LogP) is 2.94. The topological polar surface area (TPSA) is 45.5 Å². The molecule has 0 aliphatic heterocycles. The van der Waals surface area contributed by atoms with Gasteiger partial charge in [-0.3, -0.25) is 9.67 Å². The van der Waals surface area contributed by atoms with Gasteiger partial charge in [0.05, 0.1) is 5.69 Å². The molecule has 1 heterocycles. The highest BCUT2D eigenvalue weighted by Crippen LogP contribution is 2.13. The Morgan fingerprint density at radius 3 is 2.50 bits per heavy atom. The summed E-state index contributed by atoms with van der Waals surface area (Å²) in [5, 5.41) is 8.65. The van der Waals surface area contributed by atoms with E-state index in [1.165, 1.54) is 16.8 Å². The second-order valence-electron chi connectivity index (χ2n) is 5.98. The van der Waals surface area contributed by atoms with Gasteiger partial charge in [-0.15, -0.1) is 0 Å². The van der Waals surface area contributed by atoms with E-state index >= 15 is 0 Å². The maximum absolute atomic E-state index is 5.94. The molecule has 0 fully saturated rings. The molecular formula is C18H26ClN5. The minimum absolute atomic E-state index is 0.756. The van der Waals surface area contributed by atoms with Gasteiger partial charge in [0.15, 0.2) is 5.96 Å². The first-order chi connectivity index (χ1) is 11.4. The van der Waals surface area contributed by atoms with Crippen molar-refractivity contribution in [2.75, 3.05) is 20.6 Å². The molecule has 0 unspecified atom stereocenters. The smallest absolute Gasteiger partial charge is 0.193 e. The Morgan fingerprint density at radius 2 is 1.96 bits per heavy atom. The third kappa shape index (κ3) is 4.51. The molecule has 0 aliphatic carbocycles. The first-order valence-corrected chi connectivity index (χ1v) is 8.45. The Hall–Kier alpha value is -2.01. The van der Waals surface area contributed by atoms with Gasteiger partial charge in [-0.2, -0.15) is 5.10 Å². The largest absolute Gasteiger partial charge is 0.356 e. The predicted molar refractivity (Wildman–Crippen MR) is 101 cm³/mol. The number of halogens is 1. The summed E-state index contributed by atoms with van der Waals surface area (Å²) < 4.78 is 1.94. The van der Waals surface area contributed by atoms with Crippen molar-refractivity contribution >= 4 is 17.6 Å². The van der Waals surface area contributed by atoms with Crippen LogP contribution < -0.4 is 5.32 Å². The van der Waals surface area contributed by atoms with Gasteiger partial charge in [-0.05, 0) is 43.5 Å². The van der Waals surface area contributed by atoms with Gasteiger partial charge >= 0.3 is 0 Å². The maximum Gasteiger partial charge on any atom is 0.193 e. The van der Waals surface area contributed by atoms with Crippen molar-refractivity contribution in [3.8, 4) is 0 Å². The van der Waals surface area contributed by atoms with Crippen molar-refractivity contribution in [1.29, 1.82) is 0 Å². The number of hydrogen-bond donors (Lipinski definition) is 1. The summed E-state index contributed by atoms with van der Waals surface area (Å²) in [5.41, 5.74) is 4.82. The minimum Gasteiger partial charge on any atom is -0.356 e. The van der Waals surface area contributed by atoms with E-state index in [-0.39, 0.29) is 0 Å². The summed E-state index contributed by atoms with van der Waals surface area (Å²) in [6.45, 7) is 5.77. The molecule has 5 nitrogen and oxygen atoms in total. The Bertz CT molecular complexity index is 703. The fourth-order valence-electron chi connectivity index (χ4n) is 2.80. The molecule has 0 atom stereocenters. The normalized spacial score (nSPS) is 11.7. The number of aryl methyl sites for hydroxylation is 2. The van der Waals surface area contributed by atoms with Gasteiger partial charge in [-0.25, -0.2) is 0 Å². The molecule has 1 aromatic heterocycles. The maximum atomic E-state index is 5.94. The molecule has 0 radical (unpaired) electrons. The van der Waals surface area contributed by atoms with Crippen molar-refractivity contribution in [2.24, 2.45) is 12.0 Å². The SMILES string of the molecule is CN=C(NCCc1c(C)nn(C)c1C)N(C)Cc1ccc(Cl)cc1. The van der Waals surface area contributed by atoms with Crippen LogP contribution in [0.4, 0.5) is 0 Å². The highest BCUT2D eigenvalue weighted by Gasteiger charge is 2.10. The zero-order valence-corrected chi connectivity index (χ0v) is 15.9. The molecule has 0 spiro atoms. The van der Waals surface area contributed by atoms with Crippen LogP contribution in [0.25, 0.3) is 0 Å². The summed E-state index contributed by atoms with van der Waals surface area (Å²) >= 11 is 5.94. The van der Waals surface area contributed by atoms with Crippen LogP contribution in [0.5, 0.6) is 0 Å². The van der Waals surface area contributed by atoms with E-state index in [9.17, 15) is 0 Å². The summed E-state index contributed by atoms with van der Waals surface area (Å²) in [4.78, 5) is 6.47. The summed E-state index contributed by atoms with van der Waals surface area (Å²) in [7, 11) is 5.82. The molecule has 0 bridgehead atoms. The highest BCUT2D eigenvalue weighted by molar-refractivity contribution is 6.30. The Labute approximate surface area is 149 Å². The van der Waals surface area contributed by atoms with Gasteiger partial charge in [0.25, 0.3) is 0 Å². The first-order valence-electron chi connectivity index (χ1n) is 8.07. The summed E-state index contributed by atoms with van der Waals surface area (Å²) in [6, 6.07) is 7.90. The lowest BCUT2D eigenvalue weighted by Crippen LogP contribution is -2.39. The number of rotatable bonds is 5. The van der Waals surface area contributed by atoms with Crippen LogP contribution in [0.1, 0.15) is 22.5 Å². The Morgan fingerprint density at radius 1 is 1.29 bits per heavy atom. The fraction of sp³-hybridized carbons (Fsp3) is 0.444. The third-order valence-electron chi connectivity index (χ3n) is 4.22. The van der Waals surface area contributed by atoms with Gasteiger partial charge in [0, 0.05) is 44.9 Å². The number of nitrogens with one attached hydrogen (secondary N) is 1. The van der Waals surface area contributed by atoms with Gasteiger partial charge in [0.2, 0.25) is 0 Å². The monoisotopic (exact) mass is 347 g/mol. The third-order valence-corrected chi connectivity index (χ3v) is 4.48. The Balaban J connectivity index is 1.90. The fourth-order valence-corrected chi connectivity index (χ4v) is 2.93. The Kier molecular flexibility index (Phi) is 6.26. The first kappa shape index (κ1) is 18.3. The molecule has 1 aromatic carbocycles. The molecule has 130 valence electrons. The van der Waals surface area contributed by atoms with Crippen molar-refractivity contribution in [3.05, 3.63) is 51.8 Å². The average molecular weight is 348 g/mol. The number of guanidine groups is 1. The van der Waals surface area contributed by atoms with E-state index in [4.69, 9.17) is 11.6 Å². The van der Waals surface area contributed by atoms with E-state index in [0.717, 1.165) is 36.2 Å². The lowest BCUT2D eigenvalue weighted by Gasteiger charge is -2.22. The molecule has 24 heavy (non-hydrogen) atoms.